The molecule has 0 saturated carbocycles. The van der Waals surface area contributed by atoms with Crippen molar-refractivity contribution < 1.29 is 29.0 Å². The Kier molecular flexibility index (Phi) is 6.61. The Balaban J connectivity index is 1.72. The zero-order valence-corrected chi connectivity index (χ0v) is 16.9. The highest BCUT2D eigenvalue weighted by atomic mass is 16.5. The highest BCUT2D eigenvalue weighted by Crippen LogP contribution is 2.38. The van der Waals surface area contributed by atoms with Gasteiger partial charge in [-0.15, -0.1) is 10.2 Å². The molecule has 160 valence electrons. The molecule has 0 fully saturated rings. The number of para-hydroxylation sites is 1. The van der Waals surface area contributed by atoms with E-state index in [2.05, 4.69) is 20.3 Å². The Hall–Kier alpha value is -4.21. The molecule has 0 aliphatic carbocycles. The fraction of sp³-hybridized carbons (Fsp3) is 0.190. The van der Waals surface area contributed by atoms with E-state index in [-0.39, 0.29) is 24.7 Å². The normalized spacial score (nSPS) is 10.9. The van der Waals surface area contributed by atoms with Crippen LogP contribution in [0.25, 0.3) is 10.9 Å². The minimum absolute atomic E-state index is 0.0364. The van der Waals surface area contributed by atoms with Gasteiger partial charge in [0.15, 0.2) is 5.69 Å². The molecule has 0 unspecified atom stereocenters. The van der Waals surface area contributed by atoms with Crippen molar-refractivity contribution >= 4 is 34.4 Å². The van der Waals surface area contributed by atoms with Gasteiger partial charge in [-0.05, 0) is 30.3 Å². The fourth-order valence-electron chi connectivity index (χ4n) is 2.87. The number of aromatic nitrogens is 1. The SMILES string of the molecule is COC(=O)Cn1c(O)c(N=NC(=O)CNC(=O)c2ccc(OC)cc2)c2ccccc21. The number of fused-ring (bicyclic) bond motifs is 1. The molecule has 2 amide bonds. The summed E-state index contributed by atoms with van der Waals surface area (Å²) < 4.78 is 11.0. The van der Waals surface area contributed by atoms with Gasteiger partial charge in [-0.25, -0.2) is 0 Å². The van der Waals surface area contributed by atoms with E-state index in [9.17, 15) is 19.5 Å². The molecule has 0 atom stereocenters. The number of ether oxygens (including phenoxy) is 2. The lowest BCUT2D eigenvalue weighted by Crippen LogP contribution is -2.28. The molecule has 31 heavy (non-hydrogen) atoms. The summed E-state index contributed by atoms with van der Waals surface area (Å²) in [6.45, 7) is -0.611. The van der Waals surface area contributed by atoms with Crippen molar-refractivity contribution in [2.75, 3.05) is 20.8 Å². The third kappa shape index (κ3) is 4.86. The third-order valence-corrected chi connectivity index (χ3v) is 4.45. The molecule has 10 heteroatoms. The summed E-state index contributed by atoms with van der Waals surface area (Å²) in [5, 5.41) is 20.9. The highest BCUT2D eigenvalue weighted by Gasteiger charge is 2.19. The smallest absolute Gasteiger partial charge is 0.325 e. The molecule has 0 aliphatic heterocycles. The van der Waals surface area contributed by atoms with Gasteiger partial charge in [-0.2, -0.15) is 0 Å². The summed E-state index contributed by atoms with van der Waals surface area (Å²) in [7, 11) is 2.76. The maximum Gasteiger partial charge on any atom is 0.325 e. The Bertz CT molecular complexity index is 1150. The molecule has 1 aromatic heterocycles. The zero-order chi connectivity index (χ0) is 22.4. The number of hydrogen-bond acceptors (Lipinski definition) is 7. The molecule has 0 spiro atoms. The fourth-order valence-corrected chi connectivity index (χ4v) is 2.87. The maximum atomic E-state index is 12.1. The average molecular weight is 424 g/mol. The summed E-state index contributed by atoms with van der Waals surface area (Å²) in [5.41, 5.74) is 0.919. The minimum atomic E-state index is -0.717. The highest BCUT2D eigenvalue weighted by molar-refractivity contribution is 5.97. The van der Waals surface area contributed by atoms with E-state index in [4.69, 9.17) is 4.74 Å². The van der Waals surface area contributed by atoms with Crippen molar-refractivity contribution in [3.63, 3.8) is 0 Å². The van der Waals surface area contributed by atoms with E-state index in [0.717, 1.165) is 0 Å². The number of amides is 2. The lowest BCUT2D eigenvalue weighted by Gasteiger charge is -2.04. The first-order valence-electron chi connectivity index (χ1n) is 9.18. The number of benzene rings is 2. The van der Waals surface area contributed by atoms with Crippen LogP contribution in [0.3, 0.4) is 0 Å². The van der Waals surface area contributed by atoms with Gasteiger partial charge < -0.3 is 19.9 Å². The predicted molar refractivity (Wildman–Crippen MR) is 110 cm³/mol. The Morgan fingerprint density at radius 1 is 1.06 bits per heavy atom. The largest absolute Gasteiger partial charge is 0.497 e. The number of rotatable bonds is 7. The second-order valence-electron chi connectivity index (χ2n) is 6.36. The third-order valence-electron chi connectivity index (χ3n) is 4.45. The summed E-state index contributed by atoms with van der Waals surface area (Å²) in [5.74, 6) is -1.45. The van der Waals surface area contributed by atoms with Gasteiger partial charge in [-0.1, -0.05) is 18.2 Å². The summed E-state index contributed by atoms with van der Waals surface area (Å²) >= 11 is 0. The Morgan fingerprint density at radius 3 is 2.45 bits per heavy atom. The molecule has 2 aromatic carbocycles. The van der Waals surface area contributed by atoms with Crippen LogP contribution in [0, 0.1) is 0 Å². The Morgan fingerprint density at radius 2 is 1.77 bits per heavy atom. The van der Waals surface area contributed by atoms with Gasteiger partial charge in [-0.3, -0.25) is 19.0 Å². The molecule has 1 heterocycles. The van der Waals surface area contributed by atoms with Crippen LogP contribution in [-0.2, 0) is 20.9 Å². The number of nitrogens with zero attached hydrogens (tertiary/aromatic N) is 3. The standard InChI is InChI=1S/C21H20N4O6/c1-30-14-9-7-13(8-10-14)20(28)22-11-17(26)23-24-19-15-5-3-4-6-16(15)25(21(19)29)12-18(27)31-2/h3-10,29H,11-12H2,1-2H3,(H,22,28). The topological polar surface area (TPSA) is 132 Å². The first kappa shape index (κ1) is 21.5. The van der Waals surface area contributed by atoms with E-state index in [1.807, 2.05) is 0 Å². The minimum Gasteiger partial charge on any atom is -0.497 e. The van der Waals surface area contributed by atoms with E-state index in [0.29, 0.717) is 22.2 Å². The molecular formula is C21H20N4O6. The molecule has 3 aromatic rings. The van der Waals surface area contributed by atoms with Crippen LogP contribution in [-0.4, -0.2) is 48.2 Å². The zero-order valence-electron chi connectivity index (χ0n) is 16.9. The van der Waals surface area contributed by atoms with Crippen molar-refractivity contribution in [1.29, 1.82) is 0 Å². The lowest BCUT2D eigenvalue weighted by molar-refractivity contribution is -0.141. The predicted octanol–water partition coefficient (Wildman–Crippen LogP) is 2.57. The van der Waals surface area contributed by atoms with Crippen LogP contribution in [0.1, 0.15) is 10.4 Å². The van der Waals surface area contributed by atoms with Crippen molar-refractivity contribution in [2.24, 2.45) is 10.2 Å². The second kappa shape index (κ2) is 9.53. The molecule has 10 nitrogen and oxygen atoms in total. The Labute approximate surface area is 177 Å². The van der Waals surface area contributed by atoms with E-state index in [1.165, 1.54) is 18.8 Å². The number of nitrogens with one attached hydrogen (secondary N) is 1. The van der Waals surface area contributed by atoms with Crippen LogP contribution in [0.15, 0.2) is 58.8 Å². The first-order valence-corrected chi connectivity index (χ1v) is 9.18. The van der Waals surface area contributed by atoms with Gasteiger partial charge in [0.2, 0.25) is 5.88 Å². The van der Waals surface area contributed by atoms with Crippen molar-refractivity contribution in [1.82, 2.24) is 9.88 Å². The number of hydrogen-bond donors (Lipinski definition) is 2. The molecule has 0 bridgehead atoms. The van der Waals surface area contributed by atoms with Crippen LogP contribution in [0.4, 0.5) is 5.69 Å². The van der Waals surface area contributed by atoms with Crippen molar-refractivity contribution in [3.05, 3.63) is 54.1 Å². The van der Waals surface area contributed by atoms with Crippen molar-refractivity contribution in [2.45, 2.75) is 6.54 Å². The molecular weight excluding hydrogens is 404 g/mol. The van der Waals surface area contributed by atoms with E-state index in [1.54, 1.807) is 48.5 Å². The number of carbonyl (C=O) groups excluding carboxylic acids is 3. The van der Waals surface area contributed by atoms with E-state index < -0.39 is 17.8 Å². The number of carbonyl (C=O) groups is 3. The molecule has 2 N–H and O–H groups in total. The van der Waals surface area contributed by atoms with Gasteiger partial charge in [0.05, 0.1) is 19.7 Å². The molecule has 0 aliphatic rings. The second-order valence-corrected chi connectivity index (χ2v) is 6.36. The number of azo groups is 1. The van der Waals surface area contributed by atoms with Crippen molar-refractivity contribution in [3.8, 4) is 11.6 Å². The van der Waals surface area contributed by atoms with Crippen LogP contribution >= 0.6 is 0 Å². The van der Waals surface area contributed by atoms with Gasteiger partial charge in [0.1, 0.15) is 18.8 Å². The van der Waals surface area contributed by atoms with Crippen LogP contribution in [0.5, 0.6) is 11.6 Å². The summed E-state index contributed by atoms with van der Waals surface area (Å²) in [4.78, 5) is 35.8. The summed E-state index contributed by atoms with van der Waals surface area (Å²) in [6.07, 6.45) is 0. The van der Waals surface area contributed by atoms with Crippen LogP contribution < -0.4 is 10.1 Å². The number of aromatic hydroxyl groups is 1. The number of methoxy groups -OCH3 is 2. The quantitative estimate of drug-likeness (QED) is 0.443. The molecule has 3 rings (SSSR count). The van der Waals surface area contributed by atoms with Gasteiger partial charge >= 0.3 is 5.97 Å². The monoisotopic (exact) mass is 424 g/mol. The summed E-state index contributed by atoms with van der Waals surface area (Å²) in [6, 6.07) is 13.2. The maximum absolute atomic E-state index is 12.1. The molecule has 0 radical (unpaired) electrons. The van der Waals surface area contributed by atoms with E-state index >= 15 is 0 Å². The lowest BCUT2D eigenvalue weighted by atomic mass is 10.2. The van der Waals surface area contributed by atoms with Gasteiger partial charge in [0.25, 0.3) is 11.8 Å². The molecule has 0 saturated heterocycles. The van der Waals surface area contributed by atoms with Gasteiger partial charge in [0, 0.05) is 10.9 Å². The van der Waals surface area contributed by atoms with Crippen LogP contribution in [0.2, 0.25) is 0 Å². The number of esters is 1. The first-order chi connectivity index (χ1) is 14.9. The average Bonchev–Trinajstić information content (AvgIpc) is 3.06.